The predicted octanol–water partition coefficient (Wildman–Crippen LogP) is 4.12. The lowest BCUT2D eigenvalue weighted by Crippen LogP contribution is -2.47. The Morgan fingerprint density at radius 1 is 1.21 bits per heavy atom. The minimum absolute atomic E-state index is 0.224. The number of H-pyrrole nitrogens is 1. The van der Waals surface area contributed by atoms with Crippen LogP contribution in [0.5, 0.6) is 0 Å². The van der Waals surface area contributed by atoms with Crippen LogP contribution in [-0.4, -0.2) is 65.7 Å². The first kappa shape index (κ1) is 22.4. The molecule has 7 nitrogen and oxygen atoms in total. The van der Waals surface area contributed by atoms with Gasteiger partial charge in [-0.05, 0) is 47.9 Å². The molecule has 34 heavy (non-hydrogen) atoms. The van der Waals surface area contributed by atoms with Gasteiger partial charge in [-0.3, -0.25) is 4.90 Å². The lowest BCUT2D eigenvalue weighted by Gasteiger charge is -2.37. The molecule has 0 aliphatic carbocycles. The van der Waals surface area contributed by atoms with Gasteiger partial charge in [0.2, 0.25) is 0 Å². The summed E-state index contributed by atoms with van der Waals surface area (Å²) in [5.74, 6) is -0.620. The Morgan fingerprint density at radius 2 is 2.03 bits per heavy atom. The highest BCUT2D eigenvalue weighted by Gasteiger charge is 2.46. The van der Waals surface area contributed by atoms with Gasteiger partial charge in [-0.25, -0.2) is 14.0 Å². The second-order valence-electron chi connectivity index (χ2n) is 9.19. The summed E-state index contributed by atoms with van der Waals surface area (Å²) in [5.41, 5.74) is 2.93. The highest BCUT2D eigenvalue weighted by Crippen LogP contribution is 2.34. The Morgan fingerprint density at radius 3 is 2.82 bits per heavy atom. The Kier molecular flexibility index (Phi) is 6.00. The molecule has 178 valence electrons. The summed E-state index contributed by atoms with van der Waals surface area (Å²) >= 11 is 0. The third kappa shape index (κ3) is 4.50. The number of aromatic amines is 1. The molecular weight excluding hydrogens is 437 g/mol. The lowest BCUT2D eigenvalue weighted by atomic mass is 9.91. The number of fused-ring (bicyclic) bond motifs is 1. The molecule has 3 heterocycles. The fourth-order valence-electron chi connectivity index (χ4n) is 5.03. The van der Waals surface area contributed by atoms with Crippen LogP contribution in [0.3, 0.4) is 0 Å². The quantitative estimate of drug-likeness (QED) is 0.555. The van der Waals surface area contributed by atoms with Crippen LogP contribution in [0.15, 0.2) is 48.7 Å². The van der Waals surface area contributed by atoms with Crippen molar-refractivity contribution in [3.8, 4) is 0 Å². The molecule has 8 heteroatoms. The van der Waals surface area contributed by atoms with E-state index >= 15 is 0 Å². The number of rotatable bonds is 6. The van der Waals surface area contributed by atoms with E-state index in [1.54, 1.807) is 35.2 Å². The van der Waals surface area contributed by atoms with E-state index in [4.69, 9.17) is 9.47 Å². The number of aromatic nitrogens is 1. The average molecular weight is 466 g/mol. The van der Waals surface area contributed by atoms with Crippen molar-refractivity contribution >= 4 is 23.0 Å². The fourth-order valence-corrected chi connectivity index (χ4v) is 5.03. The molecule has 3 aromatic rings. The maximum absolute atomic E-state index is 13.6. The van der Waals surface area contributed by atoms with E-state index in [0.29, 0.717) is 18.7 Å². The van der Waals surface area contributed by atoms with Gasteiger partial charge in [-0.15, -0.1) is 0 Å². The zero-order valence-electron chi connectivity index (χ0n) is 19.2. The van der Waals surface area contributed by atoms with Crippen LogP contribution in [0.2, 0.25) is 0 Å². The molecule has 2 fully saturated rings. The topological polar surface area (TPSA) is 74.9 Å². The molecule has 5 rings (SSSR count). The van der Waals surface area contributed by atoms with Gasteiger partial charge >= 0.3 is 12.1 Å². The van der Waals surface area contributed by atoms with E-state index in [1.165, 1.54) is 13.2 Å². The molecule has 0 radical (unpaired) electrons. The van der Waals surface area contributed by atoms with E-state index in [2.05, 4.69) is 9.88 Å². The molecule has 2 saturated heterocycles. The number of carbonyl (C=O) groups is 2. The van der Waals surface area contributed by atoms with Crippen molar-refractivity contribution in [2.45, 2.75) is 31.4 Å². The third-order valence-corrected chi connectivity index (χ3v) is 6.96. The number of benzene rings is 2. The van der Waals surface area contributed by atoms with Crippen LogP contribution in [0, 0.1) is 5.82 Å². The van der Waals surface area contributed by atoms with Crippen molar-refractivity contribution in [2.75, 3.05) is 33.3 Å². The molecule has 0 atom stereocenters. The van der Waals surface area contributed by atoms with Crippen LogP contribution in [0.1, 0.15) is 34.3 Å². The first-order valence-electron chi connectivity index (χ1n) is 11.6. The molecule has 2 aliphatic heterocycles. The summed E-state index contributed by atoms with van der Waals surface area (Å²) in [4.78, 5) is 31.7. The summed E-state index contributed by atoms with van der Waals surface area (Å²) in [6, 6.07) is 12.0. The minimum atomic E-state index is -0.461. The molecule has 1 aromatic heterocycles. The Hall–Kier alpha value is -3.39. The van der Waals surface area contributed by atoms with Gasteiger partial charge < -0.3 is 19.4 Å². The summed E-state index contributed by atoms with van der Waals surface area (Å²) in [6.45, 7) is 3.50. The van der Waals surface area contributed by atoms with Crippen LogP contribution >= 0.6 is 0 Å². The van der Waals surface area contributed by atoms with Gasteiger partial charge in [0.05, 0.1) is 19.2 Å². The highest BCUT2D eigenvalue weighted by molar-refractivity contribution is 5.89. The standard InChI is InChI=1S/C26H28FN3O4/c1-33-24(31)19-4-2-3-18(13-19)16-30-17-26(34-25(30)32)8-11-29(12-9-26)10-7-20-15-28-23-6-5-21(27)14-22(20)23/h2-6,13-15,28H,7-12,16-17H2,1H3. The summed E-state index contributed by atoms with van der Waals surface area (Å²) in [5, 5.41) is 0.935. The second-order valence-corrected chi connectivity index (χ2v) is 9.19. The molecule has 1 amide bonds. The van der Waals surface area contributed by atoms with E-state index in [9.17, 15) is 14.0 Å². The molecule has 2 aliphatic rings. The molecule has 0 bridgehead atoms. The number of carbonyl (C=O) groups excluding carboxylic acids is 2. The van der Waals surface area contributed by atoms with Gasteiger partial charge in [0.25, 0.3) is 0 Å². The Bertz CT molecular complexity index is 1220. The number of ether oxygens (including phenoxy) is 2. The number of halogens is 1. The van der Waals surface area contributed by atoms with E-state index in [1.807, 2.05) is 12.3 Å². The van der Waals surface area contributed by atoms with Gasteiger partial charge in [-0.2, -0.15) is 0 Å². The molecule has 1 N–H and O–H groups in total. The summed E-state index contributed by atoms with van der Waals surface area (Å²) in [7, 11) is 1.35. The van der Waals surface area contributed by atoms with Gasteiger partial charge in [-0.1, -0.05) is 12.1 Å². The molecular formula is C26H28FN3O4. The molecule has 0 saturated carbocycles. The van der Waals surface area contributed by atoms with E-state index in [0.717, 1.165) is 60.9 Å². The van der Waals surface area contributed by atoms with Crippen molar-refractivity contribution in [1.29, 1.82) is 0 Å². The average Bonchev–Trinajstić information content (AvgIpc) is 3.38. The first-order chi connectivity index (χ1) is 16.4. The monoisotopic (exact) mass is 465 g/mol. The van der Waals surface area contributed by atoms with Crippen LogP contribution in [-0.2, 0) is 22.4 Å². The number of nitrogens with one attached hydrogen (secondary N) is 1. The third-order valence-electron chi connectivity index (χ3n) is 6.96. The molecule has 2 aromatic carbocycles. The Balaban J connectivity index is 1.16. The number of esters is 1. The zero-order chi connectivity index (χ0) is 23.7. The SMILES string of the molecule is COC(=O)c1cccc(CN2CC3(CCN(CCc4c[nH]c5ccc(F)cc45)CC3)OC2=O)c1. The van der Waals surface area contributed by atoms with Gasteiger partial charge in [0.15, 0.2) is 0 Å². The number of nitrogens with zero attached hydrogens (tertiary/aromatic N) is 2. The highest BCUT2D eigenvalue weighted by atomic mass is 19.1. The molecule has 1 spiro atoms. The Labute approximate surface area is 197 Å². The number of piperidine rings is 1. The maximum atomic E-state index is 13.6. The van der Waals surface area contributed by atoms with E-state index < -0.39 is 11.6 Å². The fraction of sp³-hybridized carbons (Fsp3) is 0.385. The van der Waals surface area contributed by atoms with Crippen LogP contribution < -0.4 is 0 Å². The number of likely N-dealkylation sites (tertiary alicyclic amines) is 1. The first-order valence-corrected chi connectivity index (χ1v) is 11.6. The van der Waals surface area contributed by atoms with Crippen molar-refractivity contribution in [3.05, 3.63) is 71.2 Å². The van der Waals surface area contributed by atoms with Crippen molar-refractivity contribution in [3.63, 3.8) is 0 Å². The molecule has 0 unspecified atom stereocenters. The second kappa shape index (κ2) is 9.10. The minimum Gasteiger partial charge on any atom is -0.465 e. The van der Waals surface area contributed by atoms with Crippen molar-refractivity contribution < 1.29 is 23.5 Å². The van der Waals surface area contributed by atoms with Crippen LogP contribution in [0.4, 0.5) is 9.18 Å². The summed E-state index contributed by atoms with van der Waals surface area (Å²) < 4.78 is 24.3. The van der Waals surface area contributed by atoms with E-state index in [-0.39, 0.29) is 11.9 Å². The number of hydrogen-bond acceptors (Lipinski definition) is 5. The van der Waals surface area contributed by atoms with Crippen molar-refractivity contribution in [2.24, 2.45) is 0 Å². The summed E-state index contributed by atoms with van der Waals surface area (Å²) in [6.07, 6.45) is 4.04. The van der Waals surface area contributed by atoms with Crippen LogP contribution in [0.25, 0.3) is 10.9 Å². The smallest absolute Gasteiger partial charge is 0.410 e. The number of hydrogen-bond donors (Lipinski definition) is 1. The number of amides is 1. The predicted molar refractivity (Wildman–Crippen MR) is 125 cm³/mol. The lowest BCUT2D eigenvalue weighted by molar-refractivity contribution is 0.00101. The van der Waals surface area contributed by atoms with Gasteiger partial charge in [0.1, 0.15) is 11.4 Å². The largest absolute Gasteiger partial charge is 0.465 e. The van der Waals surface area contributed by atoms with Gasteiger partial charge in [0, 0.05) is 56.1 Å². The zero-order valence-corrected chi connectivity index (χ0v) is 19.2. The normalized spacial score (nSPS) is 17.9. The van der Waals surface area contributed by atoms with Crippen molar-refractivity contribution in [1.82, 2.24) is 14.8 Å². The maximum Gasteiger partial charge on any atom is 0.410 e. The number of methoxy groups -OCH3 is 1.